The van der Waals surface area contributed by atoms with Gasteiger partial charge in [-0.2, -0.15) is 0 Å². The average Bonchev–Trinajstić information content (AvgIpc) is 2.28. The molecule has 1 heterocycles. The highest BCUT2D eigenvalue weighted by atomic mass is 16.5. The number of carbonyl (C=O) groups is 1. The van der Waals surface area contributed by atoms with Gasteiger partial charge in [0, 0.05) is 19.4 Å². The summed E-state index contributed by atoms with van der Waals surface area (Å²) in [6, 6.07) is 0. The summed E-state index contributed by atoms with van der Waals surface area (Å²) in [6.45, 7) is 4.85. The minimum absolute atomic E-state index is 0.000697. The smallest absolute Gasteiger partial charge is 0.216 e. The first kappa shape index (κ1) is 9.48. The van der Waals surface area contributed by atoms with E-state index in [4.69, 9.17) is 9.47 Å². The summed E-state index contributed by atoms with van der Waals surface area (Å²) in [7, 11) is 0. The van der Waals surface area contributed by atoms with Crippen LogP contribution in [0.3, 0.4) is 0 Å². The van der Waals surface area contributed by atoms with Gasteiger partial charge in [-0.05, 0) is 0 Å². The van der Waals surface area contributed by atoms with Gasteiger partial charge in [-0.15, -0.1) is 0 Å². The summed E-state index contributed by atoms with van der Waals surface area (Å²) < 4.78 is 10.5. The van der Waals surface area contributed by atoms with Crippen LogP contribution >= 0.6 is 0 Å². The highest BCUT2D eigenvalue weighted by Crippen LogP contribution is 2.01. The predicted molar refractivity (Wildman–Crippen MR) is 43.8 cm³/mol. The van der Waals surface area contributed by atoms with Crippen LogP contribution in [0, 0.1) is 5.92 Å². The van der Waals surface area contributed by atoms with Crippen LogP contribution in [0.15, 0.2) is 0 Å². The third-order valence-corrected chi connectivity index (χ3v) is 1.72. The Morgan fingerprint density at radius 2 is 2.00 bits per heavy atom. The number of carbonyl (C=O) groups excluding carboxylic acids is 1. The van der Waals surface area contributed by atoms with E-state index >= 15 is 0 Å². The molecule has 1 rings (SSSR count). The Kier molecular flexibility index (Phi) is 4.04. The van der Waals surface area contributed by atoms with Crippen molar-refractivity contribution in [3.8, 4) is 0 Å². The van der Waals surface area contributed by atoms with Crippen LogP contribution in [0.4, 0.5) is 0 Å². The third-order valence-electron chi connectivity index (χ3n) is 1.72. The van der Waals surface area contributed by atoms with Crippen molar-refractivity contribution in [2.24, 2.45) is 5.92 Å². The van der Waals surface area contributed by atoms with Crippen LogP contribution in [0.2, 0.25) is 0 Å². The quantitative estimate of drug-likeness (QED) is 0.628. The van der Waals surface area contributed by atoms with Crippen LogP contribution in [0.25, 0.3) is 0 Å². The Bertz CT molecular complexity index is 141. The topological polar surface area (TPSA) is 47.6 Å². The van der Waals surface area contributed by atoms with Gasteiger partial charge in [0.2, 0.25) is 5.91 Å². The molecular weight excluding hydrogens is 158 g/mol. The summed E-state index contributed by atoms with van der Waals surface area (Å²) >= 11 is 0. The van der Waals surface area contributed by atoms with Crippen molar-refractivity contribution >= 4 is 5.91 Å². The van der Waals surface area contributed by atoms with E-state index in [1.807, 2.05) is 0 Å². The van der Waals surface area contributed by atoms with Gasteiger partial charge in [-0.3, -0.25) is 4.79 Å². The number of amides is 1. The van der Waals surface area contributed by atoms with E-state index in [0.29, 0.717) is 38.9 Å². The molecule has 0 unspecified atom stereocenters. The first-order valence-corrected chi connectivity index (χ1v) is 4.19. The van der Waals surface area contributed by atoms with Gasteiger partial charge in [0.1, 0.15) is 0 Å². The lowest BCUT2D eigenvalue weighted by atomic mass is 10.2. The molecule has 12 heavy (non-hydrogen) atoms. The monoisotopic (exact) mass is 173 g/mol. The SMILES string of the molecule is CC(=O)NCC1COCCOC1. The molecule has 0 aliphatic carbocycles. The summed E-state index contributed by atoms with van der Waals surface area (Å²) in [5.74, 6) is 0.302. The van der Waals surface area contributed by atoms with Crippen molar-refractivity contribution in [2.75, 3.05) is 33.0 Å². The maximum atomic E-state index is 10.6. The minimum atomic E-state index is -0.000697. The fourth-order valence-electron chi connectivity index (χ4n) is 1.07. The molecule has 0 aromatic carbocycles. The van der Waals surface area contributed by atoms with Gasteiger partial charge in [0.25, 0.3) is 0 Å². The molecule has 0 saturated carbocycles. The van der Waals surface area contributed by atoms with Crippen LogP contribution in [0.5, 0.6) is 0 Å². The van der Waals surface area contributed by atoms with Crippen LogP contribution in [0.1, 0.15) is 6.92 Å². The van der Waals surface area contributed by atoms with Crippen molar-refractivity contribution in [3.05, 3.63) is 0 Å². The molecule has 70 valence electrons. The first-order valence-electron chi connectivity index (χ1n) is 4.19. The molecule has 1 amide bonds. The standard InChI is InChI=1S/C8H15NO3/c1-7(10)9-4-8-5-11-2-3-12-6-8/h8H,2-6H2,1H3,(H,9,10). The molecule has 4 heteroatoms. The van der Waals surface area contributed by atoms with Gasteiger partial charge >= 0.3 is 0 Å². The Labute approximate surface area is 72.2 Å². The van der Waals surface area contributed by atoms with E-state index in [1.165, 1.54) is 6.92 Å². The van der Waals surface area contributed by atoms with Crippen molar-refractivity contribution < 1.29 is 14.3 Å². The first-order chi connectivity index (χ1) is 5.79. The maximum absolute atomic E-state index is 10.6. The fraction of sp³-hybridized carbons (Fsp3) is 0.875. The summed E-state index contributed by atoms with van der Waals surface area (Å²) in [5, 5.41) is 2.74. The van der Waals surface area contributed by atoms with Gasteiger partial charge in [-0.25, -0.2) is 0 Å². The summed E-state index contributed by atoms with van der Waals surface area (Å²) in [5.41, 5.74) is 0. The second kappa shape index (κ2) is 5.11. The van der Waals surface area contributed by atoms with Crippen LogP contribution < -0.4 is 5.32 Å². The highest BCUT2D eigenvalue weighted by Gasteiger charge is 2.12. The Morgan fingerprint density at radius 1 is 1.42 bits per heavy atom. The minimum Gasteiger partial charge on any atom is -0.379 e. The van der Waals surface area contributed by atoms with E-state index in [0.717, 1.165) is 0 Å². The third kappa shape index (κ3) is 3.69. The van der Waals surface area contributed by atoms with E-state index in [-0.39, 0.29) is 5.91 Å². The zero-order valence-corrected chi connectivity index (χ0v) is 7.34. The number of nitrogens with one attached hydrogen (secondary N) is 1. The van der Waals surface area contributed by atoms with Crippen molar-refractivity contribution in [1.29, 1.82) is 0 Å². The molecule has 0 bridgehead atoms. The molecule has 1 aliphatic heterocycles. The molecule has 1 N–H and O–H groups in total. The van der Waals surface area contributed by atoms with Gasteiger partial charge < -0.3 is 14.8 Å². The molecule has 1 fully saturated rings. The number of hydrogen-bond donors (Lipinski definition) is 1. The van der Waals surface area contributed by atoms with Crippen LogP contribution in [-0.4, -0.2) is 38.9 Å². The zero-order valence-electron chi connectivity index (χ0n) is 7.34. The molecule has 4 nitrogen and oxygen atoms in total. The molecule has 0 aromatic heterocycles. The van der Waals surface area contributed by atoms with E-state index < -0.39 is 0 Å². The Morgan fingerprint density at radius 3 is 2.50 bits per heavy atom. The fourth-order valence-corrected chi connectivity index (χ4v) is 1.07. The second-order valence-electron chi connectivity index (χ2n) is 2.95. The summed E-state index contributed by atoms with van der Waals surface area (Å²) in [4.78, 5) is 10.6. The lowest BCUT2D eigenvalue weighted by Gasteiger charge is -2.12. The summed E-state index contributed by atoms with van der Waals surface area (Å²) in [6.07, 6.45) is 0. The highest BCUT2D eigenvalue weighted by molar-refractivity contribution is 5.72. The van der Waals surface area contributed by atoms with Gasteiger partial charge in [-0.1, -0.05) is 0 Å². The molecule has 0 spiro atoms. The Hall–Kier alpha value is -0.610. The van der Waals surface area contributed by atoms with Gasteiger partial charge in [0.05, 0.1) is 26.4 Å². The lowest BCUT2D eigenvalue weighted by molar-refractivity contribution is -0.119. The van der Waals surface area contributed by atoms with Crippen molar-refractivity contribution in [1.82, 2.24) is 5.32 Å². The predicted octanol–water partition coefficient (Wildman–Crippen LogP) is -0.215. The van der Waals surface area contributed by atoms with E-state index in [1.54, 1.807) is 0 Å². The lowest BCUT2D eigenvalue weighted by Crippen LogP contribution is -2.31. The normalized spacial score (nSPS) is 20.1. The molecule has 0 radical (unpaired) electrons. The average molecular weight is 173 g/mol. The molecule has 1 aliphatic rings. The van der Waals surface area contributed by atoms with E-state index in [9.17, 15) is 4.79 Å². The van der Waals surface area contributed by atoms with Crippen molar-refractivity contribution in [2.45, 2.75) is 6.92 Å². The number of hydrogen-bond acceptors (Lipinski definition) is 3. The van der Waals surface area contributed by atoms with Crippen molar-refractivity contribution in [3.63, 3.8) is 0 Å². The van der Waals surface area contributed by atoms with E-state index in [2.05, 4.69) is 5.32 Å². The maximum Gasteiger partial charge on any atom is 0.216 e. The molecule has 0 atom stereocenters. The largest absolute Gasteiger partial charge is 0.379 e. The number of rotatable bonds is 2. The Balaban J connectivity index is 2.16. The molecular formula is C8H15NO3. The molecule has 0 aromatic rings. The van der Waals surface area contributed by atoms with Gasteiger partial charge in [0.15, 0.2) is 0 Å². The zero-order chi connectivity index (χ0) is 8.81. The van der Waals surface area contributed by atoms with Crippen LogP contribution in [-0.2, 0) is 14.3 Å². The second-order valence-corrected chi connectivity index (χ2v) is 2.95. The number of ether oxygens (including phenoxy) is 2. The molecule has 1 saturated heterocycles.